The first-order valence-electron chi connectivity index (χ1n) is 4.78. The third kappa shape index (κ3) is 3.76. The lowest BCUT2D eigenvalue weighted by atomic mass is 10.1. The molecule has 1 aromatic heterocycles. The van der Waals surface area contributed by atoms with E-state index in [0.717, 1.165) is 7.11 Å². The van der Waals surface area contributed by atoms with E-state index in [2.05, 4.69) is 9.72 Å². The Balaban J connectivity index is 3.40. The van der Waals surface area contributed by atoms with Crippen molar-refractivity contribution >= 4 is 17.6 Å². The number of halogens is 6. The van der Waals surface area contributed by atoms with Crippen molar-refractivity contribution in [3.63, 3.8) is 0 Å². The quantitative estimate of drug-likeness (QED) is 0.488. The minimum atomic E-state index is -4.91. The van der Waals surface area contributed by atoms with Crippen LogP contribution in [0, 0.1) is 0 Å². The zero-order valence-corrected chi connectivity index (χ0v) is 10.1. The SMILES string of the molecule is COC(=O)Cc1cc(C(F)F)nc(Cl)c1C(F)(F)F. The molecule has 0 saturated carbocycles. The second-order valence-corrected chi connectivity index (χ2v) is 3.78. The van der Waals surface area contributed by atoms with E-state index in [1.54, 1.807) is 0 Å². The Morgan fingerprint density at radius 1 is 1.47 bits per heavy atom. The van der Waals surface area contributed by atoms with Crippen LogP contribution in [0.25, 0.3) is 0 Å². The second-order valence-electron chi connectivity index (χ2n) is 3.42. The van der Waals surface area contributed by atoms with Crippen molar-refractivity contribution in [1.29, 1.82) is 0 Å². The Hall–Kier alpha value is -1.44. The minimum absolute atomic E-state index is 0.496. The summed E-state index contributed by atoms with van der Waals surface area (Å²) in [6.07, 6.45) is -8.84. The highest BCUT2D eigenvalue weighted by Crippen LogP contribution is 2.38. The van der Waals surface area contributed by atoms with Crippen LogP contribution in [0.1, 0.15) is 23.2 Å². The summed E-state index contributed by atoms with van der Waals surface area (Å²) in [5.74, 6) is -1.01. The molecule has 0 aliphatic rings. The maximum absolute atomic E-state index is 12.7. The van der Waals surface area contributed by atoms with E-state index in [0.29, 0.717) is 6.07 Å². The molecule has 0 fully saturated rings. The van der Waals surface area contributed by atoms with Gasteiger partial charge in [0.2, 0.25) is 0 Å². The molecule has 1 rings (SSSR count). The van der Waals surface area contributed by atoms with Crippen LogP contribution in [0.15, 0.2) is 6.07 Å². The summed E-state index contributed by atoms with van der Waals surface area (Å²) < 4.78 is 67.3. The zero-order valence-electron chi connectivity index (χ0n) is 9.39. The fourth-order valence-corrected chi connectivity index (χ4v) is 1.69. The van der Waals surface area contributed by atoms with Gasteiger partial charge in [0.1, 0.15) is 10.8 Å². The van der Waals surface area contributed by atoms with Gasteiger partial charge in [0.15, 0.2) is 0 Å². The van der Waals surface area contributed by atoms with Gasteiger partial charge < -0.3 is 4.74 Å². The Labute approximate surface area is 109 Å². The molecular weight excluding hydrogens is 297 g/mol. The van der Waals surface area contributed by atoms with Gasteiger partial charge in [-0.1, -0.05) is 11.6 Å². The molecule has 1 aromatic rings. The molecule has 0 bridgehead atoms. The van der Waals surface area contributed by atoms with Crippen molar-refractivity contribution in [1.82, 2.24) is 4.98 Å². The summed E-state index contributed by atoms with van der Waals surface area (Å²) in [5.41, 5.74) is -3.05. The van der Waals surface area contributed by atoms with E-state index in [1.165, 1.54) is 0 Å². The van der Waals surface area contributed by atoms with Crippen LogP contribution in [-0.2, 0) is 22.1 Å². The minimum Gasteiger partial charge on any atom is -0.469 e. The molecule has 19 heavy (non-hydrogen) atoms. The molecule has 0 aromatic carbocycles. The molecule has 0 saturated heterocycles. The first kappa shape index (κ1) is 15.6. The van der Waals surface area contributed by atoms with Crippen LogP contribution in [0.2, 0.25) is 5.15 Å². The Bertz CT molecular complexity index is 490. The van der Waals surface area contributed by atoms with Crippen LogP contribution in [0.4, 0.5) is 22.0 Å². The smallest absolute Gasteiger partial charge is 0.419 e. The number of ether oxygens (including phenoxy) is 1. The van der Waals surface area contributed by atoms with E-state index in [-0.39, 0.29) is 0 Å². The standard InChI is InChI=1S/C10H7ClF5NO2/c1-19-6(18)3-4-2-5(9(12)13)17-8(11)7(4)10(14,15)16/h2,9H,3H2,1H3. The van der Waals surface area contributed by atoms with Gasteiger partial charge in [-0.3, -0.25) is 4.79 Å². The van der Waals surface area contributed by atoms with Crippen LogP contribution >= 0.6 is 11.6 Å². The van der Waals surface area contributed by atoms with Crippen LogP contribution in [0.5, 0.6) is 0 Å². The van der Waals surface area contributed by atoms with E-state index in [9.17, 15) is 26.7 Å². The highest BCUT2D eigenvalue weighted by atomic mass is 35.5. The van der Waals surface area contributed by atoms with Gasteiger partial charge in [0.05, 0.1) is 19.1 Å². The first-order chi connectivity index (χ1) is 8.66. The van der Waals surface area contributed by atoms with E-state index in [1.807, 2.05) is 0 Å². The number of carbonyl (C=O) groups excluding carboxylic acids is 1. The summed E-state index contributed by atoms with van der Waals surface area (Å²) in [6.45, 7) is 0. The second kappa shape index (κ2) is 5.68. The summed E-state index contributed by atoms with van der Waals surface area (Å²) in [7, 11) is 0.965. The fraction of sp³-hybridized carbons (Fsp3) is 0.400. The molecule has 0 aliphatic heterocycles. The Morgan fingerprint density at radius 3 is 2.47 bits per heavy atom. The molecule has 0 radical (unpaired) electrons. The van der Waals surface area contributed by atoms with Crippen LogP contribution < -0.4 is 0 Å². The molecule has 0 N–H and O–H groups in total. The topological polar surface area (TPSA) is 39.2 Å². The molecule has 106 valence electrons. The first-order valence-corrected chi connectivity index (χ1v) is 5.16. The highest BCUT2D eigenvalue weighted by molar-refractivity contribution is 6.30. The van der Waals surface area contributed by atoms with Gasteiger partial charge in [-0.2, -0.15) is 13.2 Å². The number of methoxy groups -OCH3 is 1. The number of hydrogen-bond acceptors (Lipinski definition) is 3. The van der Waals surface area contributed by atoms with Crippen LogP contribution in [0.3, 0.4) is 0 Å². The Morgan fingerprint density at radius 2 is 2.05 bits per heavy atom. The molecule has 9 heteroatoms. The number of hydrogen-bond donors (Lipinski definition) is 0. The molecule has 0 atom stereocenters. The number of nitrogens with zero attached hydrogens (tertiary/aromatic N) is 1. The lowest BCUT2D eigenvalue weighted by Crippen LogP contribution is -2.16. The van der Waals surface area contributed by atoms with Gasteiger partial charge in [-0.05, 0) is 11.6 Å². The number of aromatic nitrogens is 1. The summed E-state index contributed by atoms with van der Waals surface area (Å²) >= 11 is 5.27. The lowest BCUT2D eigenvalue weighted by molar-refractivity contribution is -0.141. The largest absolute Gasteiger partial charge is 0.469 e. The fourth-order valence-electron chi connectivity index (χ4n) is 1.36. The van der Waals surface area contributed by atoms with E-state index < -0.39 is 47.0 Å². The monoisotopic (exact) mass is 303 g/mol. The molecule has 1 heterocycles. The molecule has 0 spiro atoms. The lowest BCUT2D eigenvalue weighted by Gasteiger charge is -2.14. The Kier molecular flexibility index (Phi) is 4.67. The van der Waals surface area contributed by atoms with E-state index in [4.69, 9.17) is 11.6 Å². The average Bonchev–Trinajstić information content (AvgIpc) is 2.25. The van der Waals surface area contributed by atoms with Crippen molar-refractivity contribution in [2.45, 2.75) is 19.0 Å². The number of pyridine rings is 1. The molecule has 0 aliphatic carbocycles. The van der Waals surface area contributed by atoms with Crippen LogP contribution in [-0.4, -0.2) is 18.1 Å². The predicted octanol–water partition coefficient (Wildman–Crippen LogP) is 3.41. The summed E-state index contributed by atoms with van der Waals surface area (Å²) in [4.78, 5) is 14.0. The van der Waals surface area contributed by atoms with Crippen molar-refractivity contribution in [2.24, 2.45) is 0 Å². The molecule has 0 unspecified atom stereocenters. The third-order valence-corrected chi connectivity index (χ3v) is 2.42. The van der Waals surface area contributed by atoms with Gasteiger partial charge in [-0.25, -0.2) is 13.8 Å². The van der Waals surface area contributed by atoms with E-state index >= 15 is 0 Å². The van der Waals surface area contributed by atoms with Crippen molar-refractivity contribution < 1.29 is 31.5 Å². The number of alkyl halides is 5. The number of rotatable bonds is 3. The number of esters is 1. The predicted molar refractivity (Wildman–Crippen MR) is 54.9 cm³/mol. The molecular formula is C10H7ClF5NO2. The van der Waals surface area contributed by atoms with Crippen molar-refractivity contribution in [3.8, 4) is 0 Å². The zero-order chi connectivity index (χ0) is 14.8. The van der Waals surface area contributed by atoms with Gasteiger partial charge >= 0.3 is 12.1 Å². The maximum atomic E-state index is 12.7. The average molecular weight is 304 g/mol. The van der Waals surface area contributed by atoms with Crippen molar-refractivity contribution in [2.75, 3.05) is 7.11 Å². The highest BCUT2D eigenvalue weighted by Gasteiger charge is 2.38. The summed E-state index contributed by atoms with van der Waals surface area (Å²) in [5, 5.41) is -1.12. The van der Waals surface area contributed by atoms with Gasteiger partial charge in [0.25, 0.3) is 6.43 Å². The molecule has 0 amide bonds. The van der Waals surface area contributed by atoms with Gasteiger partial charge in [-0.15, -0.1) is 0 Å². The molecule has 3 nitrogen and oxygen atoms in total. The maximum Gasteiger partial charge on any atom is 0.419 e. The third-order valence-electron chi connectivity index (χ3n) is 2.15. The van der Waals surface area contributed by atoms with Gasteiger partial charge in [0, 0.05) is 0 Å². The summed E-state index contributed by atoms with van der Waals surface area (Å²) in [6, 6.07) is 0.496. The number of carbonyl (C=O) groups is 1. The normalized spacial score (nSPS) is 11.8. The van der Waals surface area contributed by atoms with Crippen molar-refractivity contribution in [3.05, 3.63) is 28.0 Å².